The minimum Gasteiger partial charge on any atom is -0.462 e. The van der Waals surface area contributed by atoms with Gasteiger partial charge in [-0.05, 0) is 43.5 Å². The van der Waals surface area contributed by atoms with Crippen LogP contribution in [0.5, 0.6) is 0 Å². The van der Waals surface area contributed by atoms with Crippen molar-refractivity contribution >= 4 is 23.5 Å². The molecule has 0 heterocycles. The van der Waals surface area contributed by atoms with Gasteiger partial charge in [-0.15, -0.1) is 0 Å². The van der Waals surface area contributed by atoms with Crippen LogP contribution in [0.15, 0.2) is 54.6 Å². The Morgan fingerprint density at radius 2 is 1.74 bits per heavy atom. The van der Waals surface area contributed by atoms with Crippen molar-refractivity contribution in [2.75, 3.05) is 11.9 Å². The molecular weight excluding hydrogens is 392 g/mol. The zero-order chi connectivity index (χ0) is 22.1. The molecule has 1 atom stereocenters. The summed E-state index contributed by atoms with van der Waals surface area (Å²) in [5, 5.41) is 5.82. The van der Waals surface area contributed by atoms with E-state index in [4.69, 9.17) is 4.74 Å². The van der Waals surface area contributed by atoms with Gasteiger partial charge < -0.3 is 15.4 Å². The molecule has 0 saturated heterocycles. The van der Waals surface area contributed by atoms with Crippen LogP contribution in [0.4, 0.5) is 5.69 Å². The minimum absolute atomic E-state index is 0.0352. The normalized spacial score (nSPS) is 15.0. The smallest absolute Gasteiger partial charge is 0.338 e. The van der Waals surface area contributed by atoms with Gasteiger partial charge in [-0.2, -0.15) is 0 Å². The predicted molar refractivity (Wildman–Crippen MR) is 120 cm³/mol. The van der Waals surface area contributed by atoms with Crippen LogP contribution in [0.3, 0.4) is 0 Å². The summed E-state index contributed by atoms with van der Waals surface area (Å²) in [6.45, 7) is 2.02. The third-order valence-corrected chi connectivity index (χ3v) is 5.53. The molecule has 6 heteroatoms. The fourth-order valence-corrected chi connectivity index (χ4v) is 3.88. The standard InChI is InChI=1S/C25H30N2O4/c1-2-31-25(30)20-14-9-15-21(17-20)26-24(29)22(16-18-10-5-3-6-11-18)27-23(28)19-12-7-4-8-13-19/h3,5-6,9-11,14-15,17,19,22H,2,4,7-8,12-13,16H2,1H3,(H,26,29)(H,27,28)/t22-/m1/s1. The lowest BCUT2D eigenvalue weighted by molar-refractivity contribution is -0.130. The van der Waals surface area contributed by atoms with E-state index >= 15 is 0 Å². The molecule has 1 saturated carbocycles. The molecule has 2 amide bonds. The Morgan fingerprint density at radius 1 is 1.00 bits per heavy atom. The molecule has 2 aromatic rings. The monoisotopic (exact) mass is 422 g/mol. The molecular formula is C25H30N2O4. The van der Waals surface area contributed by atoms with Gasteiger partial charge in [0.1, 0.15) is 6.04 Å². The van der Waals surface area contributed by atoms with E-state index in [2.05, 4.69) is 10.6 Å². The maximum Gasteiger partial charge on any atom is 0.338 e. The molecule has 6 nitrogen and oxygen atoms in total. The van der Waals surface area contributed by atoms with E-state index in [9.17, 15) is 14.4 Å². The summed E-state index contributed by atoms with van der Waals surface area (Å²) in [6.07, 6.45) is 5.39. The lowest BCUT2D eigenvalue weighted by Crippen LogP contribution is -2.47. The highest BCUT2D eigenvalue weighted by Gasteiger charge is 2.27. The van der Waals surface area contributed by atoms with Crippen molar-refractivity contribution < 1.29 is 19.1 Å². The number of hydrogen-bond donors (Lipinski definition) is 2. The highest BCUT2D eigenvalue weighted by molar-refractivity contribution is 5.99. The largest absolute Gasteiger partial charge is 0.462 e. The number of amides is 2. The average molecular weight is 423 g/mol. The van der Waals surface area contributed by atoms with Crippen LogP contribution < -0.4 is 10.6 Å². The van der Waals surface area contributed by atoms with E-state index in [0.29, 0.717) is 17.7 Å². The molecule has 0 aliphatic heterocycles. The SMILES string of the molecule is CCOC(=O)c1cccc(NC(=O)[C@@H](Cc2ccccc2)NC(=O)C2CCCCC2)c1. The number of hydrogen-bond acceptors (Lipinski definition) is 4. The molecule has 0 unspecified atom stereocenters. The first kappa shape index (κ1) is 22.5. The van der Waals surface area contributed by atoms with Crippen molar-refractivity contribution in [3.05, 3.63) is 65.7 Å². The number of carbonyl (C=O) groups excluding carboxylic acids is 3. The molecule has 2 aromatic carbocycles. The zero-order valence-electron chi connectivity index (χ0n) is 17.9. The van der Waals surface area contributed by atoms with Gasteiger partial charge in [-0.1, -0.05) is 55.7 Å². The Hall–Kier alpha value is -3.15. The van der Waals surface area contributed by atoms with Crippen molar-refractivity contribution in [1.29, 1.82) is 0 Å². The van der Waals surface area contributed by atoms with E-state index in [-0.39, 0.29) is 24.3 Å². The average Bonchev–Trinajstić information content (AvgIpc) is 2.80. The van der Waals surface area contributed by atoms with E-state index in [1.54, 1.807) is 31.2 Å². The Labute approximate surface area is 183 Å². The summed E-state index contributed by atoms with van der Waals surface area (Å²) < 4.78 is 5.03. The highest BCUT2D eigenvalue weighted by Crippen LogP contribution is 2.24. The van der Waals surface area contributed by atoms with E-state index in [1.807, 2.05) is 30.3 Å². The van der Waals surface area contributed by atoms with Crippen LogP contribution in [0.1, 0.15) is 54.9 Å². The Morgan fingerprint density at radius 3 is 2.45 bits per heavy atom. The maximum atomic E-state index is 13.1. The first-order valence-electron chi connectivity index (χ1n) is 11.0. The number of anilines is 1. The van der Waals surface area contributed by atoms with Crippen LogP contribution in [-0.4, -0.2) is 30.4 Å². The number of ether oxygens (including phenoxy) is 1. The summed E-state index contributed by atoms with van der Waals surface area (Å²) in [4.78, 5) is 37.9. The summed E-state index contributed by atoms with van der Waals surface area (Å²) >= 11 is 0. The van der Waals surface area contributed by atoms with E-state index in [0.717, 1.165) is 37.7 Å². The molecule has 1 aliphatic rings. The predicted octanol–water partition coefficient (Wildman–Crippen LogP) is 4.11. The summed E-state index contributed by atoms with van der Waals surface area (Å²) in [5.41, 5.74) is 1.82. The fraction of sp³-hybridized carbons (Fsp3) is 0.400. The van der Waals surface area contributed by atoms with Crippen LogP contribution in [-0.2, 0) is 20.7 Å². The molecule has 0 radical (unpaired) electrons. The molecule has 0 bridgehead atoms. The second kappa shape index (κ2) is 11.3. The first-order valence-corrected chi connectivity index (χ1v) is 11.0. The Kier molecular flexibility index (Phi) is 8.21. The number of benzene rings is 2. The van der Waals surface area contributed by atoms with Crippen molar-refractivity contribution in [2.24, 2.45) is 5.92 Å². The second-order valence-electron chi connectivity index (χ2n) is 7.88. The van der Waals surface area contributed by atoms with Crippen molar-refractivity contribution in [3.8, 4) is 0 Å². The molecule has 0 aromatic heterocycles. The van der Waals surface area contributed by atoms with Gasteiger partial charge in [-0.3, -0.25) is 9.59 Å². The Balaban J connectivity index is 1.73. The second-order valence-corrected chi connectivity index (χ2v) is 7.88. The third-order valence-electron chi connectivity index (χ3n) is 5.53. The summed E-state index contributed by atoms with van der Waals surface area (Å²) in [5.74, 6) is -0.845. The fourth-order valence-electron chi connectivity index (χ4n) is 3.88. The number of esters is 1. The van der Waals surface area contributed by atoms with Crippen molar-refractivity contribution in [1.82, 2.24) is 5.32 Å². The number of rotatable bonds is 8. The van der Waals surface area contributed by atoms with Crippen molar-refractivity contribution in [3.63, 3.8) is 0 Å². The van der Waals surface area contributed by atoms with E-state index in [1.165, 1.54) is 0 Å². The van der Waals surface area contributed by atoms with Gasteiger partial charge in [-0.25, -0.2) is 4.79 Å². The summed E-state index contributed by atoms with van der Waals surface area (Å²) in [6, 6.07) is 15.5. The molecule has 164 valence electrons. The van der Waals surface area contributed by atoms with Crippen LogP contribution >= 0.6 is 0 Å². The molecule has 0 spiro atoms. The molecule has 2 N–H and O–H groups in total. The molecule has 1 aliphatic carbocycles. The lowest BCUT2D eigenvalue weighted by atomic mass is 9.88. The number of carbonyl (C=O) groups is 3. The molecule has 3 rings (SSSR count). The van der Waals surface area contributed by atoms with E-state index < -0.39 is 12.0 Å². The van der Waals surface area contributed by atoms with Gasteiger partial charge in [0.2, 0.25) is 11.8 Å². The minimum atomic E-state index is -0.705. The first-order chi connectivity index (χ1) is 15.1. The van der Waals surface area contributed by atoms with Gasteiger partial charge in [0, 0.05) is 18.0 Å². The van der Waals surface area contributed by atoms with Crippen LogP contribution in [0.2, 0.25) is 0 Å². The topological polar surface area (TPSA) is 84.5 Å². The highest BCUT2D eigenvalue weighted by atomic mass is 16.5. The van der Waals surface area contributed by atoms with Crippen LogP contribution in [0, 0.1) is 5.92 Å². The van der Waals surface area contributed by atoms with Crippen LogP contribution in [0.25, 0.3) is 0 Å². The van der Waals surface area contributed by atoms with Crippen molar-refractivity contribution in [2.45, 2.75) is 51.5 Å². The third kappa shape index (κ3) is 6.67. The lowest BCUT2D eigenvalue weighted by Gasteiger charge is -2.25. The maximum absolute atomic E-state index is 13.1. The molecule has 1 fully saturated rings. The zero-order valence-corrected chi connectivity index (χ0v) is 17.9. The summed E-state index contributed by atoms with van der Waals surface area (Å²) in [7, 11) is 0. The quantitative estimate of drug-likeness (QED) is 0.627. The Bertz CT molecular complexity index is 891. The van der Waals surface area contributed by atoms with Gasteiger partial charge in [0.05, 0.1) is 12.2 Å². The van der Waals surface area contributed by atoms with Gasteiger partial charge in [0.25, 0.3) is 0 Å². The van der Waals surface area contributed by atoms with Gasteiger partial charge >= 0.3 is 5.97 Å². The van der Waals surface area contributed by atoms with Gasteiger partial charge in [0.15, 0.2) is 0 Å². The molecule has 31 heavy (non-hydrogen) atoms. The number of nitrogens with one attached hydrogen (secondary N) is 2.